The van der Waals surface area contributed by atoms with Crippen LogP contribution in [0, 0.1) is 5.92 Å². The molecule has 0 saturated heterocycles. The molecule has 17 heavy (non-hydrogen) atoms. The first kappa shape index (κ1) is 12.2. The van der Waals surface area contributed by atoms with E-state index in [4.69, 9.17) is 5.11 Å². The number of carboxylic acid groups (broad SMARTS) is 1. The zero-order chi connectivity index (χ0) is 12.4. The van der Waals surface area contributed by atoms with Gasteiger partial charge in [0.05, 0.1) is 0 Å². The zero-order valence-corrected chi connectivity index (χ0v) is 10.3. The van der Waals surface area contributed by atoms with Crippen molar-refractivity contribution in [1.29, 1.82) is 0 Å². The van der Waals surface area contributed by atoms with Gasteiger partial charge in [-0.15, -0.1) is 0 Å². The Balaban J connectivity index is 1.87. The lowest BCUT2D eigenvalue weighted by atomic mass is 9.85. The Labute approximate surface area is 101 Å². The first-order chi connectivity index (χ1) is 8.08. The van der Waals surface area contributed by atoms with Crippen molar-refractivity contribution in [3.8, 4) is 0 Å². The summed E-state index contributed by atoms with van der Waals surface area (Å²) in [5, 5.41) is 8.82. The molecule has 0 heterocycles. The summed E-state index contributed by atoms with van der Waals surface area (Å²) < 4.78 is 0. The second kappa shape index (κ2) is 4.94. The van der Waals surface area contributed by atoms with Crippen LogP contribution in [0.1, 0.15) is 32.1 Å². The molecule has 2 saturated carbocycles. The lowest BCUT2D eigenvalue weighted by molar-refractivity contribution is -0.137. The molecule has 0 radical (unpaired) electrons. The van der Waals surface area contributed by atoms with Crippen LogP contribution in [-0.4, -0.2) is 53.1 Å². The minimum Gasteiger partial charge on any atom is -0.480 e. The monoisotopic (exact) mass is 240 g/mol. The first-order valence-corrected chi connectivity index (χ1v) is 6.31. The number of hydrogen-bond acceptors (Lipinski definition) is 2. The van der Waals surface area contributed by atoms with Crippen LogP contribution < -0.4 is 0 Å². The lowest BCUT2D eigenvalue weighted by Gasteiger charge is -2.33. The van der Waals surface area contributed by atoms with Gasteiger partial charge in [0.1, 0.15) is 6.54 Å². The minimum atomic E-state index is -0.928. The zero-order valence-electron chi connectivity index (χ0n) is 10.3. The normalized spacial score (nSPS) is 19.6. The number of rotatable bonds is 5. The summed E-state index contributed by atoms with van der Waals surface area (Å²) >= 11 is 0. The third-order valence-electron chi connectivity index (χ3n) is 3.62. The van der Waals surface area contributed by atoms with Gasteiger partial charge in [0.2, 0.25) is 0 Å². The number of urea groups is 1. The van der Waals surface area contributed by atoms with Crippen LogP contribution in [0.2, 0.25) is 0 Å². The van der Waals surface area contributed by atoms with Gasteiger partial charge in [-0.1, -0.05) is 6.42 Å². The van der Waals surface area contributed by atoms with E-state index in [-0.39, 0.29) is 18.6 Å². The van der Waals surface area contributed by atoms with Gasteiger partial charge in [0.15, 0.2) is 0 Å². The third-order valence-corrected chi connectivity index (χ3v) is 3.62. The van der Waals surface area contributed by atoms with Gasteiger partial charge in [0.25, 0.3) is 0 Å². The molecule has 0 aromatic carbocycles. The lowest BCUT2D eigenvalue weighted by Crippen LogP contribution is -2.46. The van der Waals surface area contributed by atoms with Gasteiger partial charge < -0.3 is 14.9 Å². The first-order valence-electron chi connectivity index (χ1n) is 6.31. The van der Waals surface area contributed by atoms with E-state index < -0.39 is 5.97 Å². The van der Waals surface area contributed by atoms with Gasteiger partial charge >= 0.3 is 12.0 Å². The molecular weight excluding hydrogens is 220 g/mol. The Morgan fingerprint density at radius 1 is 1.24 bits per heavy atom. The fourth-order valence-electron chi connectivity index (χ4n) is 2.24. The molecule has 0 unspecified atom stereocenters. The summed E-state index contributed by atoms with van der Waals surface area (Å²) in [6, 6.07) is 0.0317. The maximum absolute atomic E-state index is 12.1. The van der Waals surface area contributed by atoms with Crippen LogP contribution in [0.5, 0.6) is 0 Å². The molecule has 2 amide bonds. The molecule has 96 valence electrons. The van der Waals surface area contributed by atoms with E-state index in [1.807, 2.05) is 0 Å². The molecule has 5 heteroatoms. The molecular formula is C12H20N2O3. The van der Waals surface area contributed by atoms with E-state index in [2.05, 4.69) is 0 Å². The van der Waals surface area contributed by atoms with Gasteiger partial charge in [-0.2, -0.15) is 0 Å². The molecule has 5 nitrogen and oxygen atoms in total. The van der Waals surface area contributed by atoms with Gasteiger partial charge in [-0.05, 0) is 31.6 Å². The summed E-state index contributed by atoms with van der Waals surface area (Å²) in [7, 11) is 1.78. The van der Waals surface area contributed by atoms with Crippen molar-refractivity contribution in [2.24, 2.45) is 5.92 Å². The number of aliphatic carboxylic acids is 1. The van der Waals surface area contributed by atoms with Crippen molar-refractivity contribution in [3.63, 3.8) is 0 Å². The molecule has 0 aromatic rings. The van der Waals surface area contributed by atoms with Crippen LogP contribution in [0.15, 0.2) is 0 Å². The smallest absolute Gasteiger partial charge is 0.323 e. The average molecular weight is 240 g/mol. The van der Waals surface area contributed by atoms with E-state index >= 15 is 0 Å². The van der Waals surface area contributed by atoms with Crippen LogP contribution in [0.3, 0.4) is 0 Å². The van der Waals surface area contributed by atoms with Crippen LogP contribution in [0.4, 0.5) is 4.79 Å². The highest BCUT2D eigenvalue weighted by Crippen LogP contribution is 2.29. The number of carbonyl (C=O) groups excluding carboxylic acids is 1. The predicted octanol–water partition coefficient (Wildman–Crippen LogP) is 1.39. The second-order valence-electron chi connectivity index (χ2n) is 5.21. The molecule has 0 spiro atoms. The molecule has 0 aliphatic heterocycles. The molecule has 2 fully saturated rings. The Hall–Kier alpha value is -1.26. The molecule has 0 aromatic heterocycles. The Morgan fingerprint density at radius 3 is 2.29 bits per heavy atom. The van der Waals surface area contributed by atoms with Crippen LogP contribution >= 0.6 is 0 Å². The quantitative estimate of drug-likeness (QED) is 0.790. The molecule has 1 N–H and O–H groups in total. The van der Waals surface area contributed by atoms with Crippen molar-refractivity contribution >= 4 is 12.0 Å². The highest BCUT2D eigenvalue weighted by Gasteiger charge is 2.35. The molecule has 2 aliphatic carbocycles. The van der Waals surface area contributed by atoms with E-state index in [0.717, 1.165) is 19.4 Å². The summed E-state index contributed by atoms with van der Waals surface area (Å²) in [5.74, 6) is -0.308. The second-order valence-corrected chi connectivity index (χ2v) is 5.21. The van der Waals surface area contributed by atoms with Gasteiger partial charge in [0, 0.05) is 19.6 Å². The summed E-state index contributed by atoms with van der Waals surface area (Å²) in [6.45, 7) is 0.597. The molecule has 2 rings (SSSR count). The molecule has 0 atom stereocenters. The van der Waals surface area contributed by atoms with Gasteiger partial charge in [-0.25, -0.2) is 4.79 Å². The predicted molar refractivity (Wildman–Crippen MR) is 62.7 cm³/mol. The number of hydrogen-bond donors (Lipinski definition) is 1. The third kappa shape index (κ3) is 3.11. The number of carboxylic acids is 1. The van der Waals surface area contributed by atoms with Crippen molar-refractivity contribution in [3.05, 3.63) is 0 Å². The van der Waals surface area contributed by atoms with Crippen LogP contribution in [0.25, 0.3) is 0 Å². The maximum atomic E-state index is 12.1. The van der Waals surface area contributed by atoms with Crippen molar-refractivity contribution < 1.29 is 14.7 Å². The van der Waals surface area contributed by atoms with Crippen molar-refractivity contribution in [2.75, 3.05) is 20.1 Å². The Morgan fingerprint density at radius 2 is 1.88 bits per heavy atom. The molecule has 0 bridgehead atoms. The average Bonchev–Trinajstić information content (AvgIpc) is 3.02. The minimum absolute atomic E-state index is 0.123. The maximum Gasteiger partial charge on any atom is 0.323 e. The van der Waals surface area contributed by atoms with Crippen molar-refractivity contribution in [1.82, 2.24) is 9.80 Å². The SMILES string of the molecule is CN(CC1CCC1)C(=O)N(CC(=O)O)C1CC1. The fraction of sp³-hybridized carbons (Fsp3) is 0.833. The highest BCUT2D eigenvalue weighted by molar-refractivity contribution is 5.80. The van der Waals surface area contributed by atoms with E-state index in [0.29, 0.717) is 5.92 Å². The van der Waals surface area contributed by atoms with Gasteiger partial charge in [-0.3, -0.25) is 4.79 Å². The fourth-order valence-corrected chi connectivity index (χ4v) is 2.24. The van der Waals surface area contributed by atoms with E-state index in [9.17, 15) is 9.59 Å². The van der Waals surface area contributed by atoms with Crippen molar-refractivity contribution in [2.45, 2.75) is 38.1 Å². The summed E-state index contributed by atoms with van der Waals surface area (Å²) in [5.41, 5.74) is 0. The number of amides is 2. The number of carbonyl (C=O) groups is 2. The van der Waals surface area contributed by atoms with Crippen LogP contribution in [-0.2, 0) is 4.79 Å². The standard InChI is InChI=1S/C12H20N2O3/c1-13(7-9-3-2-4-9)12(17)14(8-11(15)16)10-5-6-10/h9-10H,2-8H2,1H3,(H,15,16). The molecule has 2 aliphatic rings. The Bertz CT molecular complexity index is 311. The number of nitrogens with zero attached hydrogens (tertiary/aromatic N) is 2. The summed E-state index contributed by atoms with van der Waals surface area (Å²) in [6.07, 6.45) is 5.53. The van der Waals surface area contributed by atoms with E-state index in [1.54, 1.807) is 11.9 Å². The van der Waals surface area contributed by atoms with E-state index in [1.165, 1.54) is 24.2 Å². The highest BCUT2D eigenvalue weighted by atomic mass is 16.4. The topological polar surface area (TPSA) is 60.9 Å². The largest absolute Gasteiger partial charge is 0.480 e. The summed E-state index contributed by atoms with van der Waals surface area (Å²) in [4.78, 5) is 26.1. The Kier molecular flexibility index (Phi) is 3.54.